The van der Waals surface area contributed by atoms with Gasteiger partial charge in [-0.15, -0.1) is 0 Å². The quantitative estimate of drug-likeness (QED) is 0.736. The second-order valence-corrected chi connectivity index (χ2v) is 6.39. The minimum absolute atomic E-state index is 0.641. The number of rotatable bonds is 4. The van der Waals surface area contributed by atoms with Gasteiger partial charge in [0.2, 0.25) is 0 Å². The van der Waals surface area contributed by atoms with Crippen LogP contribution in [0.15, 0.2) is 42.1 Å². The predicted octanol–water partition coefficient (Wildman–Crippen LogP) is 1.59. The third kappa shape index (κ3) is 3.48. The van der Waals surface area contributed by atoms with E-state index in [4.69, 9.17) is 0 Å². The summed E-state index contributed by atoms with van der Waals surface area (Å²) in [5.74, 6) is 0.641. The zero-order valence-electron chi connectivity index (χ0n) is 9.20. The van der Waals surface area contributed by atoms with Gasteiger partial charge in [-0.3, -0.25) is 0 Å². The van der Waals surface area contributed by atoms with Crippen molar-refractivity contribution in [1.82, 2.24) is 4.98 Å². The molecule has 0 radical (unpaired) electrons. The van der Waals surface area contributed by atoms with Gasteiger partial charge in [-0.05, 0) is 18.2 Å². The summed E-state index contributed by atoms with van der Waals surface area (Å²) in [7, 11) is 0.992. The van der Waals surface area contributed by atoms with Gasteiger partial charge >= 0.3 is 0 Å². The average Bonchev–Trinajstić information content (AvgIpc) is 2.20. The third-order valence-corrected chi connectivity index (χ3v) is 4.49. The van der Waals surface area contributed by atoms with Crippen LogP contribution in [0.3, 0.4) is 0 Å². The van der Waals surface area contributed by atoms with E-state index in [1.165, 1.54) is 5.19 Å². The molecule has 0 aliphatic heterocycles. The lowest BCUT2D eigenvalue weighted by Crippen LogP contribution is -2.41. The molecule has 0 heterocycles. The largest absolute Gasteiger partial charge is 0.336 e. The van der Waals surface area contributed by atoms with Crippen molar-refractivity contribution < 1.29 is 0 Å². The van der Waals surface area contributed by atoms with Crippen LogP contribution in [0.1, 0.15) is 13.8 Å². The molecule has 0 saturated heterocycles. The van der Waals surface area contributed by atoms with Crippen molar-refractivity contribution in [1.29, 1.82) is 0 Å². The van der Waals surface area contributed by atoms with E-state index in [0.717, 1.165) is 0 Å². The lowest BCUT2D eigenvalue weighted by molar-refractivity contribution is 0.833. The van der Waals surface area contributed by atoms with E-state index < -0.39 is 8.96 Å². The van der Waals surface area contributed by atoms with Gasteiger partial charge in [0.1, 0.15) is 0 Å². The van der Waals surface area contributed by atoms with Gasteiger partial charge in [0.25, 0.3) is 0 Å². The highest BCUT2D eigenvalue weighted by molar-refractivity contribution is 6.75. The predicted molar refractivity (Wildman–Crippen MR) is 66.3 cm³/mol. The Balaban J connectivity index is 2.73. The highest BCUT2D eigenvalue weighted by Crippen LogP contribution is 1.95. The molecule has 76 valence electrons. The molecule has 1 N–H and O–H groups in total. The fourth-order valence-corrected chi connectivity index (χ4v) is 3.42. The first kappa shape index (κ1) is 11.2. The molecule has 1 rings (SSSR count). The summed E-state index contributed by atoms with van der Waals surface area (Å²) in [5.41, 5.74) is 2.36. The van der Waals surface area contributed by atoms with Crippen LogP contribution in [-0.2, 0) is 0 Å². The highest BCUT2D eigenvalue weighted by atomic mass is 28.3. The third-order valence-electron chi connectivity index (χ3n) is 2.16. The second-order valence-electron chi connectivity index (χ2n) is 3.81. The Morgan fingerprint density at radius 2 is 1.86 bits per heavy atom. The van der Waals surface area contributed by atoms with Crippen LogP contribution >= 0.6 is 0 Å². The van der Waals surface area contributed by atoms with Gasteiger partial charge in [0.15, 0.2) is 8.96 Å². The van der Waals surface area contributed by atoms with Crippen LogP contribution < -0.4 is 10.2 Å². The monoisotopic (exact) mass is 205 g/mol. The van der Waals surface area contributed by atoms with E-state index in [9.17, 15) is 0 Å². The van der Waals surface area contributed by atoms with E-state index in [0.29, 0.717) is 5.92 Å². The molecule has 0 saturated carbocycles. The average molecular weight is 205 g/mol. The summed E-state index contributed by atoms with van der Waals surface area (Å²) in [5, 5.41) is 1.45. The van der Waals surface area contributed by atoms with Gasteiger partial charge in [0.05, 0.1) is 0 Å². The summed E-state index contributed by atoms with van der Waals surface area (Å²) in [6, 6.07) is 10.7. The molecule has 1 aromatic carbocycles. The van der Waals surface area contributed by atoms with Crippen molar-refractivity contribution >= 4 is 14.1 Å². The summed E-state index contributed by atoms with van der Waals surface area (Å²) in [6.45, 7) is 4.42. The summed E-state index contributed by atoms with van der Waals surface area (Å²) >= 11 is 0. The molecule has 1 aromatic rings. The number of benzene rings is 1. The fraction of sp³-hybridized carbons (Fsp3) is 0.333. The SMILES string of the molecule is CN[SiH](C=CC(C)C)c1ccccc1. The summed E-state index contributed by atoms with van der Waals surface area (Å²) < 4.78 is 0. The van der Waals surface area contributed by atoms with Crippen LogP contribution in [0, 0.1) is 5.92 Å². The Morgan fingerprint density at radius 1 is 1.21 bits per heavy atom. The first-order chi connectivity index (χ1) is 6.74. The molecule has 0 bridgehead atoms. The molecule has 1 unspecified atom stereocenters. The van der Waals surface area contributed by atoms with E-state index in [-0.39, 0.29) is 0 Å². The van der Waals surface area contributed by atoms with Crippen molar-refractivity contribution in [2.75, 3.05) is 7.05 Å². The zero-order chi connectivity index (χ0) is 10.4. The van der Waals surface area contributed by atoms with Crippen LogP contribution in [0.2, 0.25) is 0 Å². The van der Waals surface area contributed by atoms with Crippen LogP contribution in [-0.4, -0.2) is 16.0 Å². The van der Waals surface area contributed by atoms with Gasteiger partial charge < -0.3 is 4.98 Å². The molecule has 0 aromatic heterocycles. The smallest absolute Gasteiger partial charge is 0.165 e. The minimum atomic E-state index is -1.06. The topological polar surface area (TPSA) is 12.0 Å². The molecule has 0 fully saturated rings. The molecular formula is C12H19NSi. The van der Waals surface area contributed by atoms with E-state index in [1.54, 1.807) is 0 Å². The van der Waals surface area contributed by atoms with Crippen molar-refractivity contribution in [3.8, 4) is 0 Å². The van der Waals surface area contributed by atoms with Crippen LogP contribution in [0.5, 0.6) is 0 Å². The van der Waals surface area contributed by atoms with Crippen molar-refractivity contribution in [3.63, 3.8) is 0 Å². The Kier molecular flexibility index (Phi) is 4.63. The van der Waals surface area contributed by atoms with Crippen molar-refractivity contribution in [2.24, 2.45) is 5.92 Å². The minimum Gasteiger partial charge on any atom is -0.336 e. The van der Waals surface area contributed by atoms with Gasteiger partial charge in [0, 0.05) is 0 Å². The lowest BCUT2D eigenvalue weighted by atomic mass is 10.2. The first-order valence-corrected chi connectivity index (χ1v) is 6.96. The molecular weight excluding hydrogens is 186 g/mol. The number of hydrogen-bond donors (Lipinski definition) is 1. The van der Waals surface area contributed by atoms with Crippen LogP contribution in [0.25, 0.3) is 0 Å². The van der Waals surface area contributed by atoms with Crippen molar-refractivity contribution in [2.45, 2.75) is 13.8 Å². The Labute approximate surface area is 88.5 Å². The number of hydrogen-bond acceptors (Lipinski definition) is 1. The molecule has 0 aliphatic rings. The molecule has 0 aliphatic carbocycles. The highest BCUT2D eigenvalue weighted by Gasteiger charge is 2.05. The standard InChI is InChI=1S/C12H19NSi/c1-11(2)9-10-14(13-3)12-7-5-4-6-8-12/h4-11,13-14H,1-3H3. The maximum absolute atomic E-state index is 3.43. The summed E-state index contributed by atoms with van der Waals surface area (Å²) in [6.07, 6.45) is 2.29. The molecule has 1 atom stereocenters. The normalized spacial score (nSPS) is 13.7. The van der Waals surface area contributed by atoms with Gasteiger partial charge in [-0.25, -0.2) is 0 Å². The molecule has 0 amide bonds. The Morgan fingerprint density at radius 3 is 2.36 bits per heavy atom. The van der Waals surface area contributed by atoms with Gasteiger partial charge in [-0.2, -0.15) is 0 Å². The Hall–Kier alpha value is -0.863. The molecule has 2 heteroatoms. The zero-order valence-corrected chi connectivity index (χ0v) is 10.4. The van der Waals surface area contributed by atoms with Gasteiger partial charge in [-0.1, -0.05) is 56.0 Å². The maximum atomic E-state index is 3.43. The first-order valence-electron chi connectivity index (χ1n) is 5.14. The number of nitrogens with one attached hydrogen (secondary N) is 1. The van der Waals surface area contributed by atoms with Crippen molar-refractivity contribution in [3.05, 3.63) is 42.1 Å². The second kappa shape index (κ2) is 5.78. The van der Waals surface area contributed by atoms with E-state index in [1.807, 2.05) is 0 Å². The molecule has 0 spiro atoms. The molecule has 14 heavy (non-hydrogen) atoms. The number of allylic oxidation sites excluding steroid dienone is 1. The summed E-state index contributed by atoms with van der Waals surface area (Å²) in [4.78, 5) is 3.43. The molecule has 1 nitrogen and oxygen atoms in total. The van der Waals surface area contributed by atoms with E-state index in [2.05, 4.69) is 68.0 Å². The maximum Gasteiger partial charge on any atom is 0.165 e. The van der Waals surface area contributed by atoms with E-state index >= 15 is 0 Å². The Bertz CT molecular complexity index is 280. The van der Waals surface area contributed by atoms with Crippen LogP contribution in [0.4, 0.5) is 0 Å². The fourth-order valence-electron chi connectivity index (χ4n) is 1.37. The lowest BCUT2D eigenvalue weighted by Gasteiger charge is -2.10.